The standard InChI is InChI=1S/C23H21N3O3S/c27-21-16-9-3-4-10-17(16)24-20(26-21)13-29-23(28)15-8-2-1-7-14(15)22-25-18-11-5-6-12-19(18)30-22/h3-6,9-12,14-15H,1-2,7-8,13H2,(H,24,26,27)/t14-,15-/m1/s1. The van der Waals surface area contributed by atoms with E-state index in [0.29, 0.717) is 16.7 Å². The van der Waals surface area contributed by atoms with Gasteiger partial charge in [0.1, 0.15) is 12.4 Å². The first kappa shape index (κ1) is 18.9. The minimum absolute atomic E-state index is 0.0397. The maximum atomic E-state index is 13.0. The van der Waals surface area contributed by atoms with Gasteiger partial charge in [0.2, 0.25) is 0 Å². The lowest BCUT2D eigenvalue weighted by Crippen LogP contribution is -2.28. The zero-order chi connectivity index (χ0) is 20.5. The minimum Gasteiger partial charge on any atom is -0.457 e. The van der Waals surface area contributed by atoms with Crippen molar-refractivity contribution in [2.24, 2.45) is 5.92 Å². The fraction of sp³-hybridized carbons (Fsp3) is 0.304. The van der Waals surface area contributed by atoms with Gasteiger partial charge in [0, 0.05) is 5.92 Å². The molecule has 1 aliphatic rings. The van der Waals surface area contributed by atoms with Crippen LogP contribution in [0.15, 0.2) is 53.3 Å². The van der Waals surface area contributed by atoms with Gasteiger partial charge in [0.15, 0.2) is 0 Å². The number of hydrogen-bond donors (Lipinski definition) is 1. The van der Waals surface area contributed by atoms with Crippen molar-refractivity contribution in [2.75, 3.05) is 0 Å². The van der Waals surface area contributed by atoms with E-state index in [1.54, 1.807) is 29.5 Å². The van der Waals surface area contributed by atoms with E-state index in [9.17, 15) is 9.59 Å². The summed E-state index contributed by atoms with van der Waals surface area (Å²) in [5.74, 6) is -0.0205. The lowest BCUT2D eigenvalue weighted by Gasteiger charge is -2.28. The molecular formula is C23H21N3O3S. The lowest BCUT2D eigenvalue weighted by atomic mass is 9.79. The Morgan fingerprint density at radius 1 is 1.03 bits per heavy atom. The number of carbonyl (C=O) groups is 1. The van der Waals surface area contributed by atoms with Gasteiger partial charge in [0.25, 0.3) is 5.56 Å². The maximum absolute atomic E-state index is 13.0. The average Bonchev–Trinajstić information content (AvgIpc) is 3.22. The molecule has 2 aromatic carbocycles. The van der Waals surface area contributed by atoms with Crippen molar-refractivity contribution in [3.05, 3.63) is 69.7 Å². The van der Waals surface area contributed by atoms with Crippen LogP contribution in [0.4, 0.5) is 0 Å². The summed E-state index contributed by atoms with van der Waals surface area (Å²) >= 11 is 1.66. The van der Waals surface area contributed by atoms with Crippen LogP contribution in [-0.4, -0.2) is 20.9 Å². The predicted molar refractivity (Wildman–Crippen MR) is 116 cm³/mol. The largest absolute Gasteiger partial charge is 0.457 e. The summed E-state index contributed by atoms with van der Waals surface area (Å²) in [5, 5.41) is 1.53. The van der Waals surface area contributed by atoms with Gasteiger partial charge in [-0.05, 0) is 37.1 Å². The summed E-state index contributed by atoms with van der Waals surface area (Å²) in [6, 6.07) is 15.2. The highest BCUT2D eigenvalue weighted by Crippen LogP contribution is 2.41. The third-order valence-electron chi connectivity index (χ3n) is 5.71. The Morgan fingerprint density at radius 2 is 1.80 bits per heavy atom. The van der Waals surface area contributed by atoms with Crippen LogP contribution in [0.25, 0.3) is 21.1 Å². The van der Waals surface area contributed by atoms with Crippen molar-refractivity contribution >= 4 is 38.4 Å². The SMILES string of the molecule is O=C(OCc1nc2ccccc2c(=O)[nH]1)[C@@H]1CCCC[C@H]1c1nc2ccccc2s1. The second-order valence-corrected chi connectivity index (χ2v) is 8.72. The van der Waals surface area contributed by atoms with Crippen LogP contribution < -0.4 is 5.56 Å². The maximum Gasteiger partial charge on any atom is 0.310 e. The summed E-state index contributed by atoms with van der Waals surface area (Å²) in [4.78, 5) is 37.1. The highest BCUT2D eigenvalue weighted by molar-refractivity contribution is 7.18. The second kappa shape index (κ2) is 7.99. The fourth-order valence-electron chi connectivity index (χ4n) is 4.21. The number of aromatic amines is 1. The Hall–Kier alpha value is -3.06. The van der Waals surface area contributed by atoms with Crippen LogP contribution in [-0.2, 0) is 16.1 Å². The predicted octanol–water partition coefficient (Wildman–Crippen LogP) is 4.55. The summed E-state index contributed by atoms with van der Waals surface area (Å²) in [7, 11) is 0. The van der Waals surface area contributed by atoms with Crippen LogP contribution >= 0.6 is 11.3 Å². The number of rotatable bonds is 4. The molecule has 152 valence electrons. The molecule has 2 aromatic heterocycles. The monoisotopic (exact) mass is 419 g/mol. The van der Waals surface area contributed by atoms with Gasteiger partial charge in [-0.3, -0.25) is 9.59 Å². The van der Waals surface area contributed by atoms with Crippen molar-refractivity contribution < 1.29 is 9.53 Å². The number of esters is 1. The van der Waals surface area contributed by atoms with Gasteiger partial charge in [-0.25, -0.2) is 9.97 Å². The van der Waals surface area contributed by atoms with Crippen molar-refractivity contribution in [2.45, 2.75) is 38.2 Å². The number of carbonyl (C=O) groups excluding carboxylic acids is 1. The van der Waals surface area contributed by atoms with E-state index in [1.807, 2.05) is 24.3 Å². The molecule has 0 saturated heterocycles. The molecule has 0 amide bonds. The molecule has 1 N–H and O–H groups in total. The number of H-pyrrole nitrogens is 1. The Kier molecular flexibility index (Phi) is 5.04. The molecule has 4 aromatic rings. The first-order chi connectivity index (χ1) is 14.7. The van der Waals surface area contributed by atoms with E-state index in [2.05, 4.69) is 16.0 Å². The smallest absolute Gasteiger partial charge is 0.310 e. The molecule has 2 heterocycles. The number of nitrogens with zero attached hydrogens (tertiary/aromatic N) is 2. The number of nitrogens with one attached hydrogen (secondary N) is 1. The molecule has 0 radical (unpaired) electrons. The van der Waals surface area contributed by atoms with Crippen LogP contribution in [0, 0.1) is 5.92 Å². The number of fused-ring (bicyclic) bond motifs is 2. The Labute approximate surface area is 177 Å². The molecule has 1 aliphatic carbocycles. The molecule has 0 bridgehead atoms. The van der Waals surface area contributed by atoms with E-state index in [-0.39, 0.29) is 30.0 Å². The molecule has 0 unspecified atom stereocenters. The molecule has 0 aliphatic heterocycles. The first-order valence-corrected chi connectivity index (χ1v) is 11.0. The summed E-state index contributed by atoms with van der Waals surface area (Å²) < 4.78 is 6.74. The lowest BCUT2D eigenvalue weighted by molar-refractivity contribution is -0.152. The van der Waals surface area contributed by atoms with E-state index in [1.165, 1.54) is 0 Å². The third-order valence-corrected chi connectivity index (χ3v) is 6.88. The van der Waals surface area contributed by atoms with Gasteiger partial charge in [-0.1, -0.05) is 37.1 Å². The molecular weight excluding hydrogens is 398 g/mol. The number of para-hydroxylation sites is 2. The molecule has 2 atom stereocenters. The summed E-state index contributed by atoms with van der Waals surface area (Å²) in [6.07, 6.45) is 3.82. The molecule has 0 spiro atoms. The quantitative estimate of drug-likeness (QED) is 0.491. The molecule has 6 nitrogen and oxygen atoms in total. The number of benzene rings is 2. The van der Waals surface area contributed by atoms with Crippen LogP contribution in [0.1, 0.15) is 42.4 Å². The van der Waals surface area contributed by atoms with Crippen molar-refractivity contribution in [3.8, 4) is 0 Å². The zero-order valence-corrected chi connectivity index (χ0v) is 17.2. The van der Waals surface area contributed by atoms with Gasteiger partial charge in [-0.15, -0.1) is 11.3 Å². The van der Waals surface area contributed by atoms with E-state index in [0.717, 1.165) is 40.9 Å². The van der Waals surface area contributed by atoms with Crippen molar-refractivity contribution in [1.29, 1.82) is 0 Å². The third kappa shape index (κ3) is 3.61. The Morgan fingerprint density at radius 3 is 2.67 bits per heavy atom. The van der Waals surface area contributed by atoms with E-state index in [4.69, 9.17) is 9.72 Å². The topological polar surface area (TPSA) is 84.9 Å². The highest BCUT2D eigenvalue weighted by Gasteiger charge is 2.35. The fourth-order valence-corrected chi connectivity index (χ4v) is 5.37. The zero-order valence-electron chi connectivity index (χ0n) is 16.3. The second-order valence-electron chi connectivity index (χ2n) is 7.65. The van der Waals surface area contributed by atoms with Crippen molar-refractivity contribution in [1.82, 2.24) is 15.0 Å². The summed E-state index contributed by atoms with van der Waals surface area (Å²) in [5.41, 5.74) is 1.35. The highest BCUT2D eigenvalue weighted by atomic mass is 32.1. The van der Waals surface area contributed by atoms with E-state index < -0.39 is 0 Å². The number of aromatic nitrogens is 3. The van der Waals surface area contributed by atoms with Gasteiger partial charge < -0.3 is 9.72 Å². The molecule has 7 heteroatoms. The Bertz CT molecular complexity index is 1250. The van der Waals surface area contributed by atoms with Crippen LogP contribution in [0.2, 0.25) is 0 Å². The molecule has 1 saturated carbocycles. The molecule has 5 rings (SSSR count). The molecule has 1 fully saturated rings. The van der Waals surface area contributed by atoms with Gasteiger partial charge in [-0.2, -0.15) is 0 Å². The summed E-state index contributed by atoms with van der Waals surface area (Å²) in [6.45, 7) is -0.0397. The number of ether oxygens (including phenoxy) is 1. The average molecular weight is 420 g/mol. The van der Waals surface area contributed by atoms with Crippen LogP contribution in [0.5, 0.6) is 0 Å². The van der Waals surface area contributed by atoms with Crippen LogP contribution in [0.3, 0.4) is 0 Å². The first-order valence-electron chi connectivity index (χ1n) is 10.2. The van der Waals surface area contributed by atoms with E-state index >= 15 is 0 Å². The minimum atomic E-state index is -0.241. The number of hydrogen-bond acceptors (Lipinski definition) is 6. The van der Waals surface area contributed by atoms with Gasteiger partial charge >= 0.3 is 5.97 Å². The van der Waals surface area contributed by atoms with Crippen molar-refractivity contribution in [3.63, 3.8) is 0 Å². The Balaban J connectivity index is 1.34. The molecule has 30 heavy (non-hydrogen) atoms. The van der Waals surface area contributed by atoms with Gasteiger partial charge in [0.05, 0.1) is 32.0 Å². The number of thiazole rings is 1. The normalized spacial score (nSPS) is 19.2.